The molecule has 1 aromatic carbocycles. The van der Waals surface area contributed by atoms with E-state index in [2.05, 4.69) is 0 Å². The van der Waals surface area contributed by atoms with Crippen molar-refractivity contribution in [3.63, 3.8) is 0 Å². The summed E-state index contributed by atoms with van der Waals surface area (Å²) >= 11 is 5.70. The van der Waals surface area contributed by atoms with Gasteiger partial charge in [-0.1, -0.05) is 23.7 Å². The summed E-state index contributed by atoms with van der Waals surface area (Å²) in [6, 6.07) is 8.50. The molecule has 0 aliphatic heterocycles. The molecule has 0 N–H and O–H groups in total. The number of hydrogen-bond acceptors (Lipinski definition) is 2. The highest BCUT2D eigenvalue weighted by Gasteiger charge is 2.13. The fourth-order valence-corrected chi connectivity index (χ4v) is 1.14. The number of carbonyl (C=O) groups excluding carboxylic acids is 1. The number of hydrogen-bond donors (Lipinski definition) is 0. The summed E-state index contributed by atoms with van der Waals surface area (Å²) in [5.74, 6) is -0.802. The van der Waals surface area contributed by atoms with Gasteiger partial charge >= 0.3 is 0 Å². The van der Waals surface area contributed by atoms with Crippen LogP contribution in [0.2, 0.25) is 5.02 Å². The van der Waals surface area contributed by atoms with Crippen LogP contribution in [-0.4, -0.2) is 5.78 Å². The summed E-state index contributed by atoms with van der Waals surface area (Å²) in [4.78, 5) is 11.4. The van der Waals surface area contributed by atoms with Crippen molar-refractivity contribution < 1.29 is 4.79 Å². The number of halogens is 1. The number of rotatable bonds is 2. The molecule has 0 saturated heterocycles. The number of carbonyl (C=O) groups is 1. The van der Waals surface area contributed by atoms with Crippen LogP contribution in [0.1, 0.15) is 17.3 Å². The maximum Gasteiger partial charge on any atom is 0.179 e. The quantitative estimate of drug-likeness (QED) is 0.678. The van der Waals surface area contributed by atoms with Gasteiger partial charge in [0.15, 0.2) is 5.78 Å². The van der Waals surface area contributed by atoms with Crippen LogP contribution in [0, 0.1) is 17.2 Å². The fourth-order valence-electron chi connectivity index (χ4n) is 0.950. The highest BCUT2D eigenvalue weighted by atomic mass is 35.5. The van der Waals surface area contributed by atoms with Gasteiger partial charge in [0, 0.05) is 10.6 Å². The first-order valence-electron chi connectivity index (χ1n) is 3.84. The summed E-state index contributed by atoms with van der Waals surface area (Å²) in [6.45, 7) is 1.57. The Morgan fingerprint density at radius 1 is 1.62 bits per heavy atom. The molecule has 0 bridgehead atoms. The monoisotopic (exact) mass is 193 g/mol. The van der Waals surface area contributed by atoms with Gasteiger partial charge in [0.1, 0.15) is 5.92 Å². The zero-order valence-corrected chi connectivity index (χ0v) is 7.88. The van der Waals surface area contributed by atoms with E-state index in [1.807, 2.05) is 6.07 Å². The van der Waals surface area contributed by atoms with E-state index in [0.29, 0.717) is 10.6 Å². The Morgan fingerprint density at radius 3 is 2.85 bits per heavy atom. The first-order valence-corrected chi connectivity index (χ1v) is 4.22. The van der Waals surface area contributed by atoms with E-state index in [-0.39, 0.29) is 5.78 Å². The predicted octanol–water partition coefficient (Wildman–Crippen LogP) is 2.68. The molecule has 66 valence electrons. The molecule has 1 aromatic rings. The van der Waals surface area contributed by atoms with Crippen molar-refractivity contribution in [2.75, 3.05) is 0 Å². The molecular weight excluding hydrogens is 186 g/mol. The van der Waals surface area contributed by atoms with E-state index < -0.39 is 5.92 Å². The Bertz CT molecular complexity index is 367. The van der Waals surface area contributed by atoms with Crippen LogP contribution in [0.4, 0.5) is 0 Å². The Labute approximate surface area is 81.7 Å². The number of Topliss-reactive ketones (excluding diaryl/α,β-unsaturated/α-hetero) is 1. The molecule has 0 heterocycles. The molecule has 0 aromatic heterocycles. The summed E-state index contributed by atoms with van der Waals surface area (Å²) < 4.78 is 0. The summed E-state index contributed by atoms with van der Waals surface area (Å²) in [6.07, 6.45) is 0. The van der Waals surface area contributed by atoms with Gasteiger partial charge in [0.2, 0.25) is 0 Å². The average Bonchev–Trinajstić information content (AvgIpc) is 2.15. The van der Waals surface area contributed by atoms with Gasteiger partial charge in [-0.2, -0.15) is 5.26 Å². The van der Waals surface area contributed by atoms with Crippen molar-refractivity contribution >= 4 is 17.4 Å². The predicted molar refractivity (Wildman–Crippen MR) is 50.6 cm³/mol. The number of nitriles is 1. The lowest BCUT2D eigenvalue weighted by Gasteiger charge is -2.01. The maximum absolute atomic E-state index is 11.4. The average molecular weight is 194 g/mol. The van der Waals surface area contributed by atoms with Gasteiger partial charge in [-0.3, -0.25) is 4.79 Å². The summed E-state index contributed by atoms with van der Waals surface area (Å²) in [7, 11) is 0. The molecule has 0 unspecified atom stereocenters. The summed E-state index contributed by atoms with van der Waals surface area (Å²) in [5.41, 5.74) is 0.488. The smallest absolute Gasteiger partial charge is 0.179 e. The standard InChI is InChI=1S/C10H8ClNO/c1-7(6-12)10(13)8-3-2-4-9(11)5-8/h2-5,7H,1H3/t7-/m0/s1. The maximum atomic E-state index is 11.4. The highest BCUT2D eigenvalue weighted by Crippen LogP contribution is 2.14. The second-order valence-electron chi connectivity index (χ2n) is 2.73. The molecule has 0 radical (unpaired) electrons. The van der Waals surface area contributed by atoms with E-state index in [1.54, 1.807) is 31.2 Å². The van der Waals surface area contributed by atoms with Crippen LogP contribution in [0.25, 0.3) is 0 Å². The Balaban J connectivity index is 2.97. The van der Waals surface area contributed by atoms with Crippen molar-refractivity contribution in [3.8, 4) is 6.07 Å². The van der Waals surface area contributed by atoms with Gasteiger partial charge < -0.3 is 0 Å². The third kappa shape index (κ3) is 2.30. The largest absolute Gasteiger partial charge is 0.293 e. The van der Waals surface area contributed by atoms with Crippen LogP contribution in [0.5, 0.6) is 0 Å². The second kappa shape index (κ2) is 4.06. The molecular formula is C10H8ClNO. The number of nitrogens with zero attached hydrogens (tertiary/aromatic N) is 1. The molecule has 1 atom stereocenters. The normalized spacial score (nSPS) is 11.8. The molecule has 1 rings (SSSR count). The lowest BCUT2D eigenvalue weighted by molar-refractivity contribution is 0.0956. The molecule has 0 aliphatic carbocycles. The Morgan fingerprint density at radius 2 is 2.31 bits per heavy atom. The zero-order chi connectivity index (χ0) is 9.84. The van der Waals surface area contributed by atoms with Crippen LogP contribution >= 0.6 is 11.6 Å². The molecule has 0 amide bonds. The van der Waals surface area contributed by atoms with Crippen molar-refractivity contribution in [2.45, 2.75) is 6.92 Å². The lowest BCUT2D eigenvalue weighted by atomic mass is 10.0. The first kappa shape index (κ1) is 9.76. The Hall–Kier alpha value is -1.33. The summed E-state index contributed by atoms with van der Waals surface area (Å²) in [5, 5.41) is 9.04. The van der Waals surface area contributed by atoms with Gasteiger partial charge in [0.25, 0.3) is 0 Å². The van der Waals surface area contributed by atoms with Gasteiger partial charge in [-0.25, -0.2) is 0 Å². The minimum Gasteiger partial charge on any atom is -0.293 e. The number of benzene rings is 1. The minimum absolute atomic E-state index is 0.190. The Kier molecular flexibility index (Phi) is 3.05. The minimum atomic E-state index is -0.613. The van der Waals surface area contributed by atoms with Gasteiger partial charge in [-0.15, -0.1) is 0 Å². The van der Waals surface area contributed by atoms with Gasteiger partial charge in [-0.05, 0) is 19.1 Å². The van der Waals surface area contributed by atoms with Crippen molar-refractivity contribution in [3.05, 3.63) is 34.9 Å². The van der Waals surface area contributed by atoms with Crippen molar-refractivity contribution in [2.24, 2.45) is 5.92 Å². The van der Waals surface area contributed by atoms with Crippen LogP contribution in [0.3, 0.4) is 0 Å². The lowest BCUT2D eigenvalue weighted by Crippen LogP contribution is -2.08. The molecule has 3 heteroatoms. The van der Waals surface area contributed by atoms with E-state index >= 15 is 0 Å². The van der Waals surface area contributed by atoms with E-state index in [9.17, 15) is 4.79 Å². The van der Waals surface area contributed by atoms with Crippen molar-refractivity contribution in [1.82, 2.24) is 0 Å². The molecule has 13 heavy (non-hydrogen) atoms. The van der Waals surface area contributed by atoms with Crippen LogP contribution in [0.15, 0.2) is 24.3 Å². The van der Waals surface area contributed by atoms with E-state index in [4.69, 9.17) is 16.9 Å². The highest BCUT2D eigenvalue weighted by molar-refractivity contribution is 6.31. The molecule has 2 nitrogen and oxygen atoms in total. The molecule has 0 spiro atoms. The third-order valence-electron chi connectivity index (χ3n) is 1.70. The van der Waals surface area contributed by atoms with Crippen molar-refractivity contribution in [1.29, 1.82) is 5.26 Å². The van der Waals surface area contributed by atoms with Gasteiger partial charge in [0.05, 0.1) is 6.07 Å². The third-order valence-corrected chi connectivity index (χ3v) is 1.93. The van der Waals surface area contributed by atoms with E-state index in [1.165, 1.54) is 0 Å². The molecule has 0 saturated carbocycles. The first-order chi connectivity index (χ1) is 6.15. The molecule has 0 fully saturated rings. The second-order valence-corrected chi connectivity index (χ2v) is 3.16. The zero-order valence-electron chi connectivity index (χ0n) is 7.12. The van der Waals surface area contributed by atoms with Crippen LogP contribution < -0.4 is 0 Å². The van der Waals surface area contributed by atoms with E-state index in [0.717, 1.165) is 0 Å². The SMILES string of the molecule is C[C@@H](C#N)C(=O)c1cccc(Cl)c1. The van der Waals surface area contributed by atoms with Crippen LogP contribution in [-0.2, 0) is 0 Å². The fraction of sp³-hybridized carbons (Fsp3) is 0.200. The molecule has 0 aliphatic rings. The number of ketones is 1. The topological polar surface area (TPSA) is 40.9 Å².